The van der Waals surface area contributed by atoms with Crippen molar-refractivity contribution < 1.29 is 0 Å². The van der Waals surface area contributed by atoms with Crippen molar-refractivity contribution in [3.8, 4) is 12.3 Å². The molecule has 0 bridgehead atoms. The van der Waals surface area contributed by atoms with Gasteiger partial charge in [-0.15, -0.1) is 17.8 Å². The molecule has 0 radical (unpaired) electrons. The predicted octanol–water partition coefficient (Wildman–Crippen LogP) is 1.21. The standard InChI is InChI=1S/C8H10N2S/c1-3-4-10(2)5-8-6-11-7-9-8/h1,6-7H,4-5H2,2H3. The first kappa shape index (κ1) is 8.25. The Kier molecular flexibility index (Phi) is 3.09. The van der Waals surface area contributed by atoms with Gasteiger partial charge in [-0.1, -0.05) is 5.92 Å². The number of nitrogens with zero attached hydrogens (tertiary/aromatic N) is 2. The summed E-state index contributed by atoms with van der Waals surface area (Å²) in [6, 6.07) is 0. The Labute approximate surface area is 70.9 Å². The van der Waals surface area contributed by atoms with Crippen molar-refractivity contribution in [2.75, 3.05) is 13.6 Å². The van der Waals surface area contributed by atoms with E-state index in [1.54, 1.807) is 11.3 Å². The number of hydrogen-bond donors (Lipinski definition) is 0. The van der Waals surface area contributed by atoms with E-state index < -0.39 is 0 Å². The molecule has 0 aliphatic heterocycles. The van der Waals surface area contributed by atoms with E-state index in [-0.39, 0.29) is 0 Å². The van der Waals surface area contributed by atoms with Gasteiger partial charge in [-0.25, -0.2) is 4.98 Å². The Morgan fingerprint density at radius 2 is 2.64 bits per heavy atom. The normalized spacial score (nSPS) is 9.91. The molecular weight excluding hydrogens is 156 g/mol. The molecule has 2 nitrogen and oxygen atoms in total. The van der Waals surface area contributed by atoms with Crippen molar-refractivity contribution in [1.82, 2.24) is 9.88 Å². The molecule has 0 fully saturated rings. The summed E-state index contributed by atoms with van der Waals surface area (Å²) in [7, 11) is 1.99. The molecule has 1 heterocycles. The van der Waals surface area contributed by atoms with E-state index in [0.29, 0.717) is 6.54 Å². The Morgan fingerprint density at radius 1 is 1.82 bits per heavy atom. The van der Waals surface area contributed by atoms with Crippen molar-refractivity contribution in [3.05, 3.63) is 16.6 Å². The molecule has 0 aliphatic rings. The molecule has 3 heteroatoms. The van der Waals surface area contributed by atoms with Crippen LogP contribution in [0.1, 0.15) is 5.69 Å². The van der Waals surface area contributed by atoms with Crippen molar-refractivity contribution in [3.63, 3.8) is 0 Å². The zero-order chi connectivity index (χ0) is 8.10. The Balaban J connectivity index is 2.38. The third-order valence-electron chi connectivity index (χ3n) is 1.28. The van der Waals surface area contributed by atoms with Gasteiger partial charge in [0.2, 0.25) is 0 Å². The van der Waals surface area contributed by atoms with Gasteiger partial charge >= 0.3 is 0 Å². The quantitative estimate of drug-likeness (QED) is 0.627. The monoisotopic (exact) mass is 166 g/mol. The number of hydrogen-bond acceptors (Lipinski definition) is 3. The largest absolute Gasteiger partial charge is 0.290 e. The van der Waals surface area contributed by atoms with Crippen LogP contribution in [0, 0.1) is 12.3 Å². The van der Waals surface area contributed by atoms with Crippen LogP contribution < -0.4 is 0 Å². The van der Waals surface area contributed by atoms with Gasteiger partial charge in [0.15, 0.2) is 0 Å². The molecule has 0 atom stereocenters. The first-order chi connectivity index (χ1) is 5.33. The van der Waals surface area contributed by atoms with E-state index in [1.807, 2.05) is 17.9 Å². The van der Waals surface area contributed by atoms with Crippen LogP contribution in [0.3, 0.4) is 0 Å². The molecule has 0 N–H and O–H groups in total. The van der Waals surface area contributed by atoms with Crippen molar-refractivity contribution in [2.45, 2.75) is 6.54 Å². The predicted molar refractivity (Wildman–Crippen MR) is 47.3 cm³/mol. The molecule has 0 spiro atoms. The zero-order valence-corrected chi connectivity index (χ0v) is 7.27. The summed E-state index contributed by atoms with van der Waals surface area (Å²) >= 11 is 1.61. The summed E-state index contributed by atoms with van der Waals surface area (Å²) in [5.41, 5.74) is 2.92. The summed E-state index contributed by atoms with van der Waals surface area (Å²) in [5.74, 6) is 2.58. The van der Waals surface area contributed by atoms with Gasteiger partial charge in [0.05, 0.1) is 17.7 Å². The minimum absolute atomic E-state index is 0.678. The molecule has 1 rings (SSSR count). The molecular formula is C8H10N2S. The van der Waals surface area contributed by atoms with Crippen molar-refractivity contribution >= 4 is 11.3 Å². The average Bonchev–Trinajstić information content (AvgIpc) is 2.40. The molecule has 0 aliphatic carbocycles. The van der Waals surface area contributed by atoms with E-state index in [4.69, 9.17) is 6.42 Å². The highest BCUT2D eigenvalue weighted by Gasteiger charge is 1.98. The second-order valence-corrected chi connectivity index (χ2v) is 3.07. The van der Waals surface area contributed by atoms with Crippen LogP contribution in [0.5, 0.6) is 0 Å². The van der Waals surface area contributed by atoms with Crippen LogP contribution >= 0.6 is 11.3 Å². The lowest BCUT2D eigenvalue weighted by Crippen LogP contribution is -2.17. The van der Waals surface area contributed by atoms with E-state index in [2.05, 4.69) is 15.8 Å². The lowest BCUT2D eigenvalue weighted by Gasteiger charge is -2.09. The second-order valence-electron chi connectivity index (χ2n) is 2.36. The summed E-state index contributed by atoms with van der Waals surface area (Å²) in [6.07, 6.45) is 5.15. The van der Waals surface area contributed by atoms with Crippen LogP contribution in [0.4, 0.5) is 0 Å². The number of rotatable bonds is 3. The average molecular weight is 166 g/mol. The number of aromatic nitrogens is 1. The molecule has 0 unspecified atom stereocenters. The topological polar surface area (TPSA) is 16.1 Å². The summed E-state index contributed by atoms with van der Waals surface area (Å²) in [5, 5.41) is 2.03. The van der Waals surface area contributed by atoms with Crippen LogP contribution in [0.25, 0.3) is 0 Å². The van der Waals surface area contributed by atoms with E-state index >= 15 is 0 Å². The Morgan fingerprint density at radius 3 is 3.18 bits per heavy atom. The van der Waals surface area contributed by atoms with Gasteiger partial charge in [0.25, 0.3) is 0 Å². The molecule has 0 saturated carbocycles. The van der Waals surface area contributed by atoms with Crippen LogP contribution in [0.15, 0.2) is 10.9 Å². The third-order valence-corrected chi connectivity index (χ3v) is 1.91. The lowest BCUT2D eigenvalue weighted by atomic mass is 10.4. The maximum absolute atomic E-state index is 5.15. The summed E-state index contributed by atoms with van der Waals surface area (Å²) < 4.78 is 0. The molecule has 1 aromatic rings. The summed E-state index contributed by atoms with van der Waals surface area (Å²) in [4.78, 5) is 6.20. The first-order valence-corrected chi connectivity index (χ1v) is 4.26. The molecule has 0 saturated heterocycles. The smallest absolute Gasteiger partial charge is 0.0795 e. The van der Waals surface area contributed by atoms with E-state index in [9.17, 15) is 0 Å². The second kappa shape index (κ2) is 4.12. The number of thiazole rings is 1. The van der Waals surface area contributed by atoms with Crippen LogP contribution in [-0.4, -0.2) is 23.5 Å². The van der Waals surface area contributed by atoms with Gasteiger partial charge in [0.1, 0.15) is 0 Å². The third kappa shape index (κ3) is 2.71. The number of terminal acetylenes is 1. The highest BCUT2D eigenvalue weighted by molar-refractivity contribution is 7.07. The SMILES string of the molecule is C#CCN(C)Cc1cscn1. The van der Waals surface area contributed by atoms with Crippen LogP contribution in [-0.2, 0) is 6.54 Å². The maximum Gasteiger partial charge on any atom is 0.0795 e. The van der Waals surface area contributed by atoms with Crippen molar-refractivity contribution in [1.29, 1.82) is 0 Å². The van der Waals surface area contributed by atoms with Gasteiger partial charge in [-0.2, -0.15) is 0 Å². The van der Waals surface area contributed by atoms with Gasteiger partial charge in [-0.3, -0.25) is 4.90 Å². The Hall–Kier alpha value is -0.850. The summed E-state index contributed by atoms with van der Waals surface area (Å²) in [6.45, 7) is 1.52. The molecule has 0 aromatic carbocycles. The fourth-order valence-corrected chi connectivity index (χ4v) is 1.35. The molecule has 0 amide bonds. The maximum atomic E-state index is 5.15. The highest BCUT2D eigenvalue weighted by atomic mass is 32.1. The van der Waals surface area contributed by atoms with Gasteiger partial charge < -0.3 is 0 Å². The van der Waals surface area contributed by atoms with Crippen LogP contribution in [0.2, 0.25) is 0 Å². The Bertz CT molecular complexity index is 235. The van der Waals surface area contributed by atoms with Crippen molar-refractivity contribution in [2.24, 2.45) is 0 Å². The van der Waals surface area contributed by atoms with E-state index in [0.717, 1.165) is 12.2 Å². The first-order valence-electron chi connectivity index (χ1n) is 3.32. The fraction of sp³-hybridized carbons (Fsp3) is 0.375. The lowest BCUT2D eigenvalue weighted by molar-refractivity contribution is 0.365. The minimum atomic E-state index is 0.678. The molecule has 58 valence electrons. The fourth-order valence-electron chi connectivity index (χ4n) is 0.804. The highest BCUT2D eigenvalue weighted by Crippen LogP contribution is 2.02. The molecule has 11 heavy (non-hydrogen) atoms. The van der Waals surface area contributed by atoms with Gasteiger partial charge in [-0.05, 0) is 7.05 Å². The van der Waals surface area contributed by atoms with Gasteiger partial charge in [0, 0.05) is 11.9 Å². The minimum Gasteiger partial charge on any atom is -0.290 e. The zero-order valence-electron chi connectivity index (χ0n) is 6.45. The molecule has 1 aromatic heterocycles. The van der Waals surface area contributed by atoms with E-state index in [1.165, 1.54) is 0 Å².